The largest absolute Gasteiger partial charge is 0.346 e. The average Bonchev–Trinajstić information content (AvgIpc) is 3.02. The van der Waals surface area contributed by atoms with Gasteiger partial charge in [-0.05, 0) is 30.2 Å². The van der Waals surface area contributed by atoms with Crippen LogP contribution in [-0.2, 0) is 16.6 Å². The lowest BCUT2D eigenvalue weighted by molar-refractivity contribution is -0.125. The maximum atomic E-state index is 12.2. The van der Waals surface area contributed by atoms with Crippen molar-refractivity contribution in [3.63, 3.8) is 0 Å². The molecular formula is C21H27Cl2N5O2. The second kappa shape index (κ2) is 11.0. The van der Waals surface area contributed by atoms with Gasteiger partial charge in [0, 0.05) is 18.3 Å². The fourth-order valence-corrected chi connectivity index (χ4v) is 2.93. The first-order valence-electron chi connectivity index (χ1n) is 9.22. The molecular weight excluding hydrogens is 425 g/mol. The number of aryl methyl sites for hydroxylation is 1. The number of imidazole rings is 1. The van der Waals surface area contributed by atoms with Gasteiger partial charge in [0.1, 0.15) is 5.82 Å². The summed E-state index contributed by atoms with van der Waals surface area (Å²) in [6.45, 7) is 3.59. The fraction of sp³-hybridized carbons (Fsp3) is 0.286. The second-order valence-electron chi connectivity index (χ2n) is 7.10. The Morgan fingerprint density at radius 2 is 1.80 bits per heavy atom. The lowest BCUT2D eigenvalue weighted by atomic mass is 10.1. The number of nitrogens with zero attached hydrogens (tertiary/aromatic N) is 2. The third-order valence-corrected chi connectivity index (χ3v) is 4.64. The average molecular weight is 452 g/mol. The van der Waals surface area contributed by atoms with E-state index in [1.807, 2.05) is 67.9 Å². The van der Waals surface area contributed by atoms with E-state index in [1.165, 1.54) is 0 Å². The highest BCUT2D eigenvalue weighted by Gasteiger charge is 2.17. The molecule has 0 radical (unpaired) electrons. The quantitative estimate of drug-likeness (QED) is 0.535. The fourth-order valence-electron chi connectivity index (χ4n) is 2.93. The van der Waals surface area contributed by atoms with Crippen LogP contribution in [0.25, 0.3) is 22.4 Å². The minimum Gasteiger partial charge on any atom is -0.346 e. The minimum atomic E-state index is -0.631. The predicted octanol–water partition coefficient (Wildman–Crippen LogP) is 3.12. The maximum absolute atomic E-state index is 12.2. The van der Waals surface area contributed by atoms with Crippen LogP contribution in [0.4, 0.5) is 5.69 Å². The van der Waals surface area contributed by atoms with E-state index in [0.717, 1.165) is 22.4 Å². The summed E-state index contributed by atoms with van der Waals surface area (Å²) in [5.41, 5.74) is 9.26. The number of hydrogen-bond acceptors (Lipinski definition) is 4. The van der Waals surface area contributed by atoms with Crippen molar-refractivity contribution in [1.29, 1.82) is 0 Å². The van der Waals surface area contributed by atoms with Crippen LogP contribution < -0.4 is 16.4 Å². The Labute approximate surface area is 188 Å². The van der Waals surface area contributed by atoms with Crippen LogP contribution in [-0.4, -0.2) is 34.0 Å². The third-order valence-electron chi connectivity index (χ3n) is 4.64. The maximum Gasteiger partial charge on any atom is 0.243 e. The number of anilines is 1. The van der Waals surface area contributed by atoms with Crippen LogP contribution in [0.2, 0.25) is 0 Å². The minimum absolute atomic E-state index is 0. The number of para-hydroxylation sites is 2. The van der Waals surface area contributed by atoms with Crippen molar-refractivity contribution in [1.82, 2.24) is 14.9 Å². The molecule has 7 nitrogen and oxygen atoms in total. The lowest BCUT2D eigenvalue weighted by Crippen LogP contribution is -2.46. The van der Waals surface area contributed by atoms with E-state index in [-0.39, 0.29) is 49.1 Å². The van der Waals surface area contributed by atoms with E-state index in [0.29, 0.717) is 5.69 Å². The van der Waals surface area contributed by atoms with E-state index < -0.39 is 6.04 Å². The molecule has 0 bridgehead atoms. The first-order chi connectivity index (χ1) is 13.4. The molecule has 1 aromatic heterocycles. The Balaban J connectivity index is 0.00000225. The molecule has 0 aliphatic carbocycles. The van der Waals surface area contributed by atoms with Crippen LogP contribution in [0.15, 0.2) is 48.5 Å². The summed E-state index contributed by atoms with van der Waals surface area (Å²) in [5.74, 6) is 0.173. The number of fused-ring (bicyclic) bond motifs is 1. The van der Waals surface area contributed by atoms with Gasteiger partial charge in [-0.1, -0.05) is 38.1 Å². The van der Waals surface area contributed by atoms with Gasteiger partial charge in [-0.25, -0.2) is 4.98 Å². The van der Waals surface area contributed by atoms with Gasteiger partial charge in [0.15, 0.2) is 0 Å². The molecule has 3 aromatic rings. The monoisotopic (exact) mass is 451 g/mol. The summed E-state index contributed by atoms with van der Waals surface area (Å²) in [6, 6.07) is 14.7. The molecule has 3 rings (SSSR count). The molecule has 0 saturated heterocycles. The number of rotatable bonds is 6. The van der Waals surface area contributed by atoms with Crippen molar-refractivity contribution in [2.45, 2.75) is 19.9 Å². The molecule has 9 heteroatoms. The van der Waals surface area contributed by atoms with Crippen LogP contribution in [0.1, 0.15) is 13.8 Å². The number of carbonyl (C=O) groups is 2. The Morgan fingerprint density at radius 3 is 2.47 bits per heavy atom. The summed E-state index contributed by atoms with van der Waals surface area (Å²) < 4.78 is 2.02. The van der Waals surface area contributed by atoms with Gasteiger partial charge in [-0.3, -0.25) is 9.59 Å². The SMILES string of the molecule is CC(C)[C@H](N)C(=O)NCC(=O)Nc1cccc(-c2nc3ccccc3n2C)c1.Cl.Cl. The number of amides is 2. The molecule has 0 aliphatic heterocycles. The number of benzene rings is 2. The third kappa shape index (κ3) is 5.72. The van der Waals surface area contributed by atoms with Crippen LogP contribution >= 0.6 is 24.8 Å². The molecule has 0 fully saturated rings. The van der Waals surface area contributed by atoms with E-state index in [1.54, 1.807) is 6.07 Å². The first kappa shape index (κ1) is 25.4. The molecule has 0 saturated carbocycles. The number of hydrogen-bond donors (Lipinski definition) is 3. The Morgan fingerprint density at radius 1 is 1.10 bits per heavy atom. The summed E-state index contributed by atoms with van der Waals surface area (Å²) in [7, 11) is 1.96. The standard InChI is InChI=1S/C21H25N5O2.2ClH/c1-13(2)19(22)21(28)23-12-18(27)24-15-8-6-7-14(11-15)20-25-16-9-4-5-10-17(16)26(20)3;;/h4-11,13,19H,12,22H2,1-3H3,(H,23,28)(H,24,27);2*1H/t19-;;/m0../s1. The zero-order valence-corrected chi connectivity index (χ0v) is 18.7. The van der Waals surface area contributed by atoms with Gasteiger partial charge in [-0.2, -0.15) is 0 Å². The first-order valence-corrected chi connectivity index (χ1v) is 9.22. The number of carbonyl (C=O) groups excluding carboxylic acids is 2. The lowest BCUT2D eigenvalue weighted by Gasteiger charge is -2.15. The highest BCUT2D eigenvalue weighted by Crippen LogP contribution is 2.25. The zero-order valence-electron chi connectivity index (χ0n) is 17.1. The predicted molar refractivity (Wildman–Crippen MR) is 125 cm³/mol. The number of aromatic nitrogens is 2. The van der Waals surface area contributed by atoms with Gasteiger partial charge in [0.25, 0.3) is 0 Å². The number of nitrogens with one attached hydrogen (secondary N) is 2. The molecule has 30 heavy (non-hydrogen) atoms. The van der Waals surface area contributed by atoms with Crippen LogP contribution in [0.5, 0.6) is 0 Å². The molecule has 2 aromatic carbocycles. The topological polar surface area (TPSA) is 102 Å². The molecule has 2 amide bonds. The van der Waals surface area contributed by atoms with E-state index in [2.05, 4.69) is 15.6 Å². The molecule has 0 spiro atoms. The van der Waals surface area contributed by atoms with Crippen LogP contribution in [0.3, 0.4) is 0 Å². The van der Waals surface area contributed by atoms with E-state index in [4.69, 9.17) is 5.73 Å². The summed E-state index contributed by atoms with van der Waals surface area (Å²) in [5, 5.41) is 5.36. The summed E-state index contributed by atoms with van der Waals surface area (Å²) in [6.07, 6.45) is 0. The molecule has 1 atom stereocenters. The van der Waals surface area contributed by atoms with Gasteiger partial charge >= 0.3 is 0 Å². The number of halogens is 2. The summed E-state index contributed by atoms with van der Waals surface area (Å²) >= 11 is 0. The Hall–Kier alpha value is -2.61. The Kier molecular flexibility index (Phi) is 9.29. The smallest absolute Gasteiger partial charge is 0.243 e. The van der Waals surface area contributed by atoms with E-state index >= 15 is 0 Å². The van der Waals surface area contributed by atoms with Crippen molar-refractivity contribution < 1.29 is 9.59 Å². The molecule has 1 heterocycles. The van der Waals surface area contributed by atoms with Gasteiger partial charge in [-0.15, -0.1) is 24.8 Å². The highest BCUT2D eigenvalue weighted by molar-refractivity contribution is 5.95. The van der Waals surface area contributed by atoms with Crippen molar-refractivity contribution >= 4 is 53.3 Å². The second-order valence-corrected chi connectivity index (χ2v) is 7.10. The Bertz CT molecular complexity index is 1020. The van der Waals surface area contributed by atoms with Crippen molar-refractivity contribution in [2.24, 2.45) is 18.7 Å². The van der Waals surface area contributed by atoms with Crippen molar-refractivity contribution in [3.05, 3.63) is 48.5 Å². The molecule has 0 aliphatic rings. The van der Waals surface area contributed by atoms with Crippen LogP contribution in [0, 0.1) is 5.92 Å². The van der Waals surface area contributed by atoms with E-state index in [9.17, 15) is 9.59 Å². The van der Waals surface area contributed by atoms with Crippen molar-refractivity contribution in [2.75, 3.05) is 11.9 Å². The normalized spacial score (nSPS) is 11.4. The molecule has 4 N–H and O–H groups in total. The molecule has 0 unspecified atom stereocenters. The van der Waals surface area contributed by atoms with Gasteiger partial charge in [0.05, 0.1) is 23.6 Å². The number of nitrogens with two attached hydrogens (primary N) is 1. The highest BCUT2D eigenvalue weighted by atomic mass is 35.5. The summed E-state index contributed by atoms with van der Waals surface area (Å²) in [4.78, 5) is 28.7. The molecule has 162 valence electrons. The zero-order chi connectivity index (χ0) is 20.3. The van der Waals surface area contributed by atoms with Crippen molar-refractivity contribution in [3.8, 4) is 11.4 Å². The van der Waals surface area contributed by atoms with Gasteiger partial charge in [0.2, 0.25) is 11.8 Å². The van der Waals surface area contributed by atoms with Gasteiger partial charge < -0.3 is 20.9 Å².